The largest absolute Gasteiger partial charge is 0.456 e. The van der Waals surface area contributed by atoms with E-state index < -0.39 is 55.0 Å². The van der Waals surface area contributed by atoms with E-state index in [4.69, 9.17) is 18.9 Å². The van der Waals surface area contributed by atoms with Crippen LogP contribution in [0, 0.1) is 0 Å². The normalized spacial score (nSPS) is 32.1. The van der Waals surface area contributed by atoms with Gasteiger partial charge in [0.25, 0.3) is 0 Å². The molecule has 0 aliphatic carbocycles. The summed E-state index contributed by atoms with van der Waals surface area (Å²) in [6.07, 6.45) is -4.55. The molecule has 1 fully saturated rings. The predicted octanol–water partition coefficient (Wildman–Crippen LogP) is -0.439. The number of carbonyl (C=O) groups is 3. The minimum atomic E-state index is -1.06. The first-order chi connectivity index (χ1) is 9.76. The van der Waals surface area contributed by atoms with E-state index in [1.807, 2.05) is 0 Å². The lowest BCUT2D eigenvalue weighted by atomic mass is 9.95. The molecule has 0 amide bonds. The van der Waals surface area contributed by atoms with E-state index in [0.29, 0.717) is 0 Å². The Balaban J connectivity index is 3.08. The van der Waals surface area contributed by atoms with E-state index in [0.717, 1.165) is 0 Å². The molecule has 0 saturated carbocycles. The summed E-state index contributed by atoms with van der Waals surface area (Å²) in [4.78, 5) is 33.7. The lowest BCUT2D eigenvalue weighted by Crippen LogP contribution is -2.61. The van der Waals surface area contributed by atoms with Crippen LogP contribution in [0.3, 0.4) is 0 Å². The third-order valence-corrected chi connectivity index (χ3v) is 2.95. The number of carbonyl (C=O) groups excluding carboxylic acids is 3. The van der Waals surface area contributed by atoms with Crippen LogP contribution < -0.4 is 0 Å². The van der Waals surface area contributed by atoms with Crippen LogP contribution in [0.1, 0.15) is 27.7 Å². The van der Waals surface area contributed by atoms with Crippen LogP contribution in [0.25, 0.3) is 0 Å². The van der Waals surface area contributed by atoms with Gasteiger partial charge in [0.2, 0.25) is 0 Å². The van der Waals surface area contributed by atoms with Gasteiger partial charge in [0.1, 0.15) is 6.10 Å². The molecule has 1 aliphatic heterocycles. The topological polar surface area (TPSA) is 108 Å². The molecular formula is C13H20O8. The first kappa shape index (κ1) is 17.4. The number of ether oxygens (including phenoxy) is 4. The summed E-state index contributed by atoms with van der Waals surface area (Å²) >= 11 is 0. The maximum absolute atomic E-state index is 11.3. The minimum absolute atomic E-state index is 0.438. The molecule has 5 atom stereocenters. The predicted molar refractivity (Wildman–Crippen MR) is 68.1 cm³/mol. The van der Waals surface area contributed by atoms with Crippen molar-refractivity contribution in [3.63, 3.8) is 0 Å². The van der Waals surface area contributed by atoms with Crippen molar-refractivity contribution in [1.82, 2.24) is 0 Å². The average molecular weight is 304 g/mol. The molecule has 0 radical (unpaired) electrons. The minimum Gasteiger partial charge on any atom is -0.456 e. The van der Waals surface area contributed by atoms with Gasteiger partial charge in [-0.1, -0.05) is 0 Å². The van der Waals surface area contributed by atoms with Crippen LogP contribution in [-0.4, -0.2) is 60.1 Å². The Morgan fingerprint density at radius 3 is 1.76 bits per heavy atom. The third kappa shape index (κ3) is 4.68. The first-order valence-electron chi connectivity index (χ1n) is 6.54. The standard InChI is InChI=1S/C13H20O8/c1-6-11(19-7(2)15)13(21-9(4)17)12(20-8(3)16)10(5-14)18-6/h6,10-14H,5H2,1-4H3/t6?,10-,11+,12-,13-/m1/s1. The van der Waals surface area contributed by atoms with Crippen LogP contribution in [-0.2, 0) is 33.3 Å². The van der Waals surface area contributed by atoms with Crippen molar-refractivity contribution >= 4 is 17.9 Å². The Labute approximate surface area is 122 Å². The van der Waals surface area contributed by atoms with Gasteiger partial charge in [0, 0.05) is 20.8 Å². The summed E-state index contributed by atoms with van der Waals surface area (Å²) in [5, 5.41) is 9.35. The molecule has 1 aliphatic rings. The van der Waals surface area contributed by atoms with E-state index in [9.17, 15) is 19.5 Å². The second-order valence-corrected chi connectivity index (χ2v) is 4.78. The smallest absolute Gasteiger partial charge is 0.303 e. The number of hydrogen-bond donors (Lipinski definition) is 1. The van der Waals surface area contributed by atoms with E-state index in [2.05, 4.69) is 0 Å². The molecule has 1 unspecified atom stereocenters. The molecule has 1 heterocycles. The van der Waals surface area contributed by atoms with Crippen LogP contribution in [0.5, 0.6) is 0 Å². The number of aliphatic hydroxyl groups is 1. The molecule has 120 valence electrons. The molecule has 0 aromatic rings. The SMILES string of the molecule is CC(=O)O[C@H]1[C@H](OC(C)=O)[C@@H](OC(C)=O)C(C)O[C@@H]1CO. The fourth-order valence-corrected chi connectivity index (χ4v) is 2.26. The van der Waals surface area contributed by atoms with Gasteiger partial charge in [-0.3, -0.25) is 14.4 Å². The highest BCUT2D eigenvalue weighted by Gasteiger charge is 2.49. The van der Waals surface area contributed by atoms with Crippen molar-refractivity contribution in [3.8, 4) is 0 Å². The van der Waals surface area contributed by atoms with Crippen LogP contribution in [0.2, 0.25) is 0 Å². The van der Waals surface area contributed by atoms with Crippen LogP contribution in [0.4, 0.5) is 0 Å². The fraction of sp³-hybridized carbons (Fsp3) is 0.769. The van der Waals surface area contributed by atoms with E-state index in [-0.39, 0.29) is 0 Å². The molecular weight excluding hydrogens is 284 g/mol. The Morgan fingerprint density at radius 2 is 1.33 bits per heavy atom. The fourth-order valence-electron chi connectivity index (χ4n) is 2.26. The Kier molecular flexibility index (Phi) is 6.10. The maximum atomic E-state index is 11.3. The Hall–Kier alpha value is -1.67. The molecule has 1 N–H and O–H groups in total. The van der Waals surface area contributed by atoms with E-state index in [1.165, 1.54) is 20.8 Å². The van der Waals surface area contributed by atoms with Crippen molar-refractivity contribution in [2.45, 2.75) is 58.2 Å². The van der Waals surface area contributed by atoms with Crippen molar-refractivity contribution < 1.29 is 38.4 Å². The first-order valence-corrected chi connectivity index (χ1v) is 6.54. The molecule has 1 rings (SSSR count). The van der Waals surface area contributed by atoms with Gasteiger partial charge in [-0.15, -0.1) is 0 Å². The van der Waals surface area contributed by atoms with Crippen molar-refractivity contribution in [2.24, 2.45) is 0 Å². The summed E-state index contributed by atoms with van der Waals surface area (Å²) in [6, 6.07) is 0. The van der Waals surface area contributed by atoms with E-state index >= 15 is 0 Å². The Bertz CT molecular complexity index is 407. The molecule has 21 heavy (non-hydrogen) atoms. The second kappa shape index (κ2) is 7.37. The molecule has 0 spiro atoms. The summed E-state index contributed by atoms with van der Waals surface area (Å²) < 4.78 is 20.8. The molecule has 8 nitrogen and oxygen atoms in total. The van der Waals surface area contributed by atoms with Crippen molar-refractivity contribution in [3.05, 3.63) is 0 Å². The number of rotatable bonds is 4. The maximum Gasteiger partial charge on any atom is 0.303 e. The number of esters is 3. The van der Waals surface area contributed by atoms with Crippen molar-refractivity contribution in [2.75, 3.05) is 6.61 Å². The zero-order chi connectivity index (χ0) is 16.2. The van der Waals surface area contributed by atoms with Crippen molar-refractivity contribution in [1.29, 1.82) is 0 Å². The lowest BCUT2D eigenvalue weighted by Gasteiger charge is -2.43. The quantitative estimate of drug-likeness (QED) is 0.550. The zero-order valence-electron chi connectivity index (χ0n) is 12.4. The van der Waals surface area contributed by atoms with Crippen LogP contribution in [0.15, 0.2) is 0 Å². The highest BCUT2D eigenvalue weighted by molar-refractivity contribution is 5.68. The van der Waals surface area contributed by atoms with Gasteiger partial charge in [-0.05, 0) is 6.92 Å². The molecule has 0 aromatic carbocycles. The second-order valence-electron chi connectivity index (χ2n) is 4.78. The van der Waals surface area contributed by atoms with Crippen LogP contribution >= 0.6 is 0 Å². The lowest BCUT2D eigenvalue weighted by molar-refractivity contribution is -0.248. The summed E-state index contributed by atoms with van der Waals surface area (Å²) in [5.74, 6) is -1.84. The van der Waals surface area contributed by atoms with Gasteiger partial charge in [0.05, 0.1) is 12.7 Å². The highest BCUT2D eigenvalue weighted by atomic mass is 16.6. The van der Waals surface area contributed by atoms with Gasteiger partial charge < -0.3 is 24.1 Å². The summed E-state index contributed by atoms with van der Waals surface area (Å²) in [5.41, 5.74) is 0. The monoisotopic (exact) mass is 304 g/mol. The summed E-state index contributed by atoms with van der Waals surface area (Å²) in [7, 11) is 0. The molecule has 1 saturated heterocycles. The van der Waals surface area contributed by atoms with E-state index in [1.54, 1.807) is 6.92 Å². The third-order valence-electron chi connectivity index (χ3n) is 2.95. The van der Waals surface area contributed by atoms with Gasteiger partial charge in [-0.2, -0.15) is 0 Å². The van der Waals surface area contributed by atoms with Gasteiger partial charge in [-0.25, -0.2) is 0 Å². The zero-order valence-corrected chi connectivity index (χ0v) is 12.4. The highest BCUT2D eigenvalue weighted by Crippen LogP contribution is 2.28. The number of hydrogen-bond acceptors (Lipinski definition) is 8. The van der Waals surface area contributed by atoms with Gasteiger partial charge in [0.15, 0.2) is 18.3 Å². The molecule has 0 bridgehead atoms. The molecule has 0 aromatic heterocycles. The number of aliphatic hydroxyl groups excluding tert-OH is 1. The average Bonchev–Trinajstić information content (AvgIpc) is 2.35. The van der Waals surface area contributed by atoms with Gasteiger partial charge >= 0.3 is 17.9 Å². The molecule has 8 heteroatoms. The Morgan fingerprint density at radius 1 is 0.905 bits per heavy atom. The summed E-state index contributed by atoms with van der Waals surface area (Å²) in [6.45, 7) is 4.74.